The molecule has 0 spiro atoms. The second kappa shape index (κ2) is 9.05. The number of rotatable bonds is 6. The van der Waals surface area contributed by atoms with Gasteiger partial charge in [-0.25, -0.2) is 13.8 Å². The average Bonchev–Trinajstić information content (AvgIpc) is 2.59. The molecule has 0 aliphatic heterocycles. The van der Waals surface area contributed by atoms with E-state index in [0.717, 1.165) is 20.6 Å². The Bertz CT molecular complexity index is 979. The van der Waals surface area contributed by atoms with E-state index in [4.69, 9.17) is 23.2 Å². The average molecular weight is 493 g/mol. The van der Waals surface area contributed by atoms with Gasteiger partial charge in [-0.05, 0) is 42.8 Å². The van der Waals surface area contributed by atoms with Gasteiger partial charge in [0.1, 0.15) is 6.54 Å². The number of nitrogens with one attached hydrogen (secondary N) is 1. The number of sulfonamides is 1. The van der Waals surface area contributed by atoms with Crippen molar-refractivity contribution in [2.45, 2.75) is 6.92 Å². The highest BCUT2D eigenvalue weighted by molar-refractivity contribution is 9.10. The van der Waals surface area contributed by atoms with E-state index in [9.17, 15) is 13.2 Å². The van der Waals surface area contributed by atoms with Crippen molar-refractivity contribution in [2.24, 2.45) is 5.10 Å². The predicted octanol–water partition coefficient (Wildman–Crippen LogP) is 4.06. The smallest absolute Gasteiger partial charge is 0.260 e. The molecule has 144 valence electrons. The molecular weight excluding hydrogens is 477 g/mol. The van der Waals surface area contributed by atoms with Gasteiger partial charge in [-0.2, -0.15) is 5.10 Å². The van der Waals surface area contributed by atoms with Crippen LogP contribution in [0.4, 0.5) is 5.69 Å². The highest BCUT2D eigenvalue weighted by atomic mass is 79.9. The number of halogens is 3. The Balaban J connectivity index is 2.18. The van der Waals surface area contributed by atoms with Crippen LogP contribution in [0.5, 0.6) is 0 Å². The summed E-state index contributed by atoms with van der Waals surface area (Å²) < 4.78 is 26.1. The largest absolute Gasteiger partial charge is 0.271 e. The summed E-state index contributed by atoms with van der Waals surface area (Å²) in [5.41, 5.74) is 3.87. The van der Waals surface area contributed by atoms with Crippen LogP contribution >= 0.6 is 39.1 Å². The summed E-state index contributed by atoms with van der Waals surface area (Å²) in [5.74, 6) is -0.618. The lowest BCUT2D eigenvalue weighted by atomic mass is 10.1. The molecule has 0 saturated heterocycles. The molecule has 6 nitrogen and oxygen atoms in total. The molecule has 0 saturated carbocycles. The van der Waals surface area contributed by atoms with Gasteiger partial charge in [0.05, 0.1) is 22.7 Å². The number of carbonyl (C=O) groups is 1. The fourth-order valence-corrected chi connectivity index (χ4v) is 3.69. The minimum Gasteiger partial charge on any atom is -0.271 e. The Morgan fingerprint density at radius 3 is 2.41 bits per heavy atom. The quantitative estimate of drug-likeness (QED) is 0.487. The van der Waals surface area contributed by atoms with Crippen LogP contribution in [-0.2, 0) is 14.8 Å². The second-order valence-corrected chi connectivity index (χ2v) is 9.27. The van der Waals surface area contributed by atoms with E-state index in [0.29, 0.717) is 10.7 Å². The number of amides is 1. The maximum Gasteiger partial charge on any atom is 0.260 e. The third-order valence-corrected chi connectivity index (χ3v) is 5.68. The van der Waals surface area contributed by atoms with E-state index in [1.807, 2.05) is 24.3 Å². The molecule has 2 aromatic carbocycles. The zero-order valence-corrected chi connectivity index (χ0v) is 18.3. The fourth-order valence-electron chi connectivity index (χ4n) is 2.13. The number of nitrogens with zero attached hydrogens (tertiary/aromatic N) is 2. The minimum absolute atomic E-state index is 0.121. The SMILES string of the molecule is C/C(=N/NC(=O)CN(c1cc(Cl)ccc1Cl)S(C)(=O)=O)c1ccc(Br)cc1. The normalized spacial score (nSPS) is 12.0. The van der Waals surface area contributed by atoms with Gasteiger partial charge in [0, 0.05) is 9.50 Å². The van der Waals surface area contributed by atoms with Crippen molar-refractivity contribution in [1.29, 1.82) is 0 Å². The minimum atomic E-state index is -3.77. The van der Waals surface area contributed by atoms with Gasteiger partial charge in [0.15, 0.2) is 0 Å². The molecule has 0 fully saturated rings. The third kappa shape index (κ3) is 6.21. The van der Waals surface area contributed by atoms with E-state index in [1.54, 1.807) is 6.92 Å². The molecule has 0 aliphatic rings. The summed E-state index contributed by atoms with van der Waals surface area (Å²) in [6.45, 7) is 1.24. The molecule has 0 unspecified atom stereocenters. The van der Waals surface area contributed by atoms with Crippen molar-refractivity contribution in [3.8, 4) is 0 Å². The first-order valence-corrected chi connectivity index (χ1v) is 11.0. The van der Waals surface area contributed by atoms with Crippen molar-refractivity contribution in [1.82, 2.24) is 5.43 Å². The lowest BCUT2D eigenvalue weighted by Gasteiger charge is -2.22. The predicted molar refractivity (Wildman–Crippen MR) is 113 cm³/mol. The summed E-state index contributed by atoms with van der Waals surface area (Å²) in [6.07, 6.45) is 0.980. The zero-order chi connectivity index (χ0) is 20.2. The van der Waals surface area contributed by atoms with Crippen LogP contribution in [0.15, 0.2) is 52.0 Å². The molecule has 0 radical (unpaired) electrons. The standard InChI is InChI=1S/C17H16BrCl2N3O3S/c1-11(12-3-5-13(18)6-4-12)21-22-17(24)10-23(27(2,25)26)16-9-14(19)7-8-15(16)20/h3-9H,10H2,1-2H3,(H,22,24)/b21-11-. The van der Waals surface area contributed by atoms with E-state index in [2.05, 4.69) is 26.5 Å². The summed E-state index contributed by atoms with van der Waals surface area (Å²) in [7, 11) is -3.77. The fraction of sp³-hybridized carbons (Fsp3) is 0.176. The molecule has 1 amide bonds. The summed E-state index contributed by atoms with van der Waals surface area (Å²) in [4.78, 5) is 12.3. The first-order valence-electron chi connectivity index (χ1n) is 7.60. The lowest BCUT2D eigenvalue weighted by Crippen LogP contribution is -2.39. The van der Waals surface area contributed by atoms with Crippen LogP contribution in [0, 0.1) is 0 Å². The summed E-state index contributed by atoms with van der Waals surface area (Å²) in [6, 6.07) is 11.7. The van der Waals surface area contributed by atoms with Gasteiger partial charge in [-0.1, -0.05) is 51.3 Å². The maximum absolute atomic E-state index is 12.3. The van der Waals surface area contributed by atoms with Crippen LogP contribution in [0.25, 0.3) is 0 Å². The first kappa shape index (κ1) is 21.7. The van der Waals surface area contributed by atoms with Gasteiger partial charge >= 0.3 is 0 Å². The number of anilines is 1. The Morgan fingerprint density at radius 1 is 1.19 bits per heavy atom. The molecule has 2 aromatic rings. The lowest BCUT2D eigenvalue weighted by molar-refractivity contribution is -0.119. The zero-order valence-electron chi connectivity index (χ0n) is 14.4. The van der Waals surface area contributed by atoms with Crippen LogP contribution < -0.4 is 9.73 Å². The molecular formula is C17H16BrCl2N3O3S. The van der Waals surface area contributed by atoms with E-state index < -0.39 is 22.5 Å². The second-order valence-electron chi connectivity index (χ2n) is 5.60. The monoisotopic (exact) mass is 491 g/mol. The maximum atomic E-state index is 12.3. The Kier molecular flexibility index (Phi) is 7.27. The van der Waals surface area contributed by atoms with Crippen LogP contribution in [0.1, 0.15) is 12.5 Å². The van der Waals surface area contributed by atoms with Gasteiger partial charge in [-0.3, -0.25) is 9.10 Å². The van der Waals surface area contributed by atoms with Gasteiger partial charge in [0.25, 0.3) is 5.91 Å². The molecule has 10 heteroatoms. The van der Waals surface area contributed by atoms with E-state index in [-0.39, 0.29) is 10.7 Å². The van der Waals surface area contributed by atoms with Crippen LogP contribution in [-0.4, -0.2) is 32.8 Å². The van der Waals surface area contributed by atoms with Crippen molar-refractivity contribution in [2.75, 3.05) is 17.1 Å². The van der Waals surface area contributed by atoms with Crippen molar-refractivity contribution < 1.29 is 13.2 Å². The summed E-state index contributed by atoms with van der Waals surface area (Å²) in [5, 5.41) is 4.47. The molecule has 0 aliphatic carbocycles. The number of hydrogen-bond acceptors (Lipinski definition) is 4. The molecule has 0 bridgehead atoms. The molecule has 2 rings (SSSR count). The highest BCUT2D eigenvalue weighted by Gasteiger charge is 2.23. The van der Waals surface area contributed by atoms with Crippen LogP contribution in [0.3, 0.4) is 0 Å². The third-order valence-electron chi connectivity index (χ3n) is 3.47. The van der Waals surface area contributed by atoms with Gasteiger partial charge < -0.3 is 0 Å². The number of carbonyl (C=O) groups excluding carboxylic acids is 1. The highest BCUT2D eigenvalue weighted by Crippen LogP contribution is 2.30. The Hall–Kier alpha value is -1.61. The molecule has 0 aromatic heterocycles. The topological polar surface area (TPSA) is 78.8 Å². The van der Waals surface area contributed by atoms with Crippen molar-refractivity contribution in [3.63, 3.8) is 0 Å². The molecule has 1 N–H and O–H groups in total. The van der Waals surface area contributed by atoms with Crippen molar-refractivity contribution >= 4 is 66.5 Å². The van der Waals surface area contributed by atoms with Gasteiger partial charge in [0.2, 0.25) is 10.0 Å². The van der Waals surface area contributed by atoms with Crippen LogP contribution in [0.2, 0.25) is 10.0 Å². The molecule has 27 heavy (non-hydrogen) atoms. The van der Waals surface area contributed by atoms with E-state index in [1.165, 1.54) is 18.2 Å². The number of hydrazone groups is 1. The Labute approximate surface area is 176 Å². The molecule has 0 atom stereocenters. The number of hydrogen-bond donors (Lipinski definition) is 1. The first-order chi connectivity index (χ1) is 12.6. The van der Waals surface area contributed by atoms with Crippen molar-refractivity contribution in [3.05, 3.63) is 62.5 Å². The Morgan fingerprint density at radius 2 is 1.81 bits per heavy atom. The summed E-state index contributed by atoms with van der Waals surface area (Å²) >= 11 is 15.3. The van der Waals surface area contributed by atoms with E-state index >= 15 is 0 Å². The van der Waals surface area contributed by atoms with Gasteiger partial charge in [-0.15, -0.1) is 0 Å². The number of benzene rings is 2. The molecule has 0 heterocycles.